The number of hydrogen-bond acceptors (Lipinski definition) is 2. The van der Waals surface area contributed by atoms with Crippen LogP contribution in [0.5, 0.6) is 0 Å². The van der Waals surface area contributed by atoms with Crippen LogP contribution in [0.15, 0.2) is 0 Å². The van der Waals surface area contributed by atoms with Crippen molar-refractivity contribution in [3.63, 3.8) is 0 Å². The number of nitrogens with two attached hydrogens (primary N) is 1. The number of hydrogen-bond donors (Lipinski definition) is 2. The van der Waals surface area contributed by atoms with E-state index in [1.165, 1.54) is 38.5 Å². The fourth-order valence-corrected chi connectivity index (χ4v) is 2.66. The van der Waals surface area contributed by atoms with Gasteiger partial charge in [0, 0.05) is 12.1 Å². The maximum absolute atomic E-state index is 5.97. The molecule has 16 heavy (non-hydrogen) atoms. The van der Waals surface area contributed by atoms with Gasteiger partial charge in [-0.1, -0.05) is 32.1 Å². The lowest BCUT2D eigenvalue weighted by Crippen LogP contribution is -2.51. The van der Waals surface area contributed by atoms with Gasteiger partial charge in [-0.05, 0) is 32.1 Å². The van der Waals surface area contributed by atoms with Gasteiger partial charge in [0.2, 0.25) is 0 Å². The van der Waals surface area contributed by atoms with Gasteiger partial charge in [0.05, 0.1) is 6.54 Å². The Morgan fingerprint density at radius 3 is 2.81 bits per heavy atom. The molecule has 0 amide bonds. The Bertz CT molecular complexity index is 251. The molecule has 0 heterocycles. The van der Waals surface area contributed by atoms with Crippen LogP contribution in [0.25, 0.3) is 0 Å². The molecule has 1 rings (SSSR count). The summed E-state index contributed by atoms with van der Waals surface area (Å²) in [4.78, 5) is 0. The van der Waals surface area contributed by atoms with Gasteiger partial charge >= 0.3 is 0 Å². The average molecular weight is 222 g/mol. The Balaban J connectivity index is 2.52. The molecule has 3 N–H and O–H groups in total. The summed E-state index contributed by atoms with van der Waals surface area (Å²) in [6, 6.07) is 0. The summed E-state index contributed by atoms with van der Waals surface area (Å²) in [5.74, 6) is 6.92. The van der Waals surface area contributed by atoms with Gasteiger partial charge in [0.15, 0.2) is 0 Å². The minimum absolute atomic E-state index is 0.160. The Morgan fingerprint density at radius 1 is 1.38 bits per heavy atom. The lowest BCUT2D eigenvalue weighted by molar-refractivity contribution is 0.300. The second kappa shape index (κ2) is 6.93. The van der Waals surface area contributed by atoms with Crippen molar-refractivity contribution in [3.8, 4) is 11.8 Å². The number of nitrogens with one attached hydrogen (secondary N) is 1. The quantitative estimate of drug-likeness (QED) is 0.566. The molecule has 2 nitrogen and oxygen atoms in total. The zero-order chi connectivity index (χ0) is 11.9. The van der Waals surface area contributed by atoms with E-state index in [1.807, 2.05) is 6.92 Å². The summed E-state index contributed by atoms with van der Waals surface area (Å²) in [5.41, 5.74) is 6.13. The minimum atomic E-state index is 0.160. The van der Waals surface area contributed by atoms with Crippen LogP contribution in [0.4, 0.5) is 0 Å². The molecule has 0 aromatic rings. The minimum Gasteiger partial charge on any atom is -0.329 e. The summed E-state index contributed by atoms with van der Waals surface area (Å²) >= 11 is 0. The predicted octanol–water partition coefficient (Wildman–Crippen LogP) is 2.29. The van der Waals surface area contributed by atoms with E-state index >= 15 is 0 Å². The van der Waals surface area contributed by atoms with E-state index < -0.39 is 0 Å². The van der Waals surface area contributed by atoms with Gasteiger partial charge in [0.25, 0.3) is 0 Å². The second-order valence-electron chi connectivity index (χ2n) is 4.97. The van der Waals surface area contributed by atoms with Crippen LogP contribution in [0, 0.1) is 17.8 Å². The Kier molecular flexibility index (Phi) is 5.87. The monoisotopic (exact) mass is 222 g/mol. The molecule has 1 fully saturated rings. The van der Waals surface area contributed by atoms with Gasteiger partial charge < -0.3 is 5.73 Å². The van der Waals surface area contributed by atoms with E-state index in [9.17, 15) is 0 Å². The van der Waals surface area contributed by atoms with Crippen molar-refractivity contribution in [2.75, 3.05) is 13.1 Å². The molecule has 0 saturated heterocycles. The highest BCUT2D eigenvalue weighted by Gasteiger charge is 2.30. The maximum Gasteiger partial charge on any atom is 0.0581 e. The van der Waals surface area contributed by atoms with Crippen molar-refractivity contribution < 1.29 is 0 Å². The Hall–Kier alpha value is -0.520. The fourth-order valence-electron chi connectivity index (χ4n) is 2.66. The molecule has 0 bridgehead atoms. The highest BCUT2D eigenvalue weighted by atomic mass is 15.0. The number of rotatable bonds is 4. The molecule has 1 aliphatic rings. The SMILES string of the molecule is CC#CCNC1(CN)CCCC(CC)CC1. The zero-order valence-corrected chi connectivity index (χ0v) is 10.8. The van der Waals surface area contributed by atoms with Crippen LogP contribution in [-0.4, -0.2) is 18.6 Å². The van der Waals surface area contributed by atoms with Crippen molar-refractivity contribution >= 4 is 0 Å². The normalized spacial score (nSPS) is 30.3. The van der Waals surface area contributed by atoms with Crippen molar-refractivity contribution in [1.82, 2.24) is 5.32 Å². The summed E-state index contributed by atoms with van der Waals surface area (Å²) < 4.78 is 0. The highest BCUT2D eigenvalue weighted by Crippen LogP contribution is 2.31. The zero-order valence-electron chi connectivity index (χ0n) is 10.8. The van der Waals surface area contributed by atoms with Crippen LogP contribution in [0.1, 0.15) is 52.4 Å². The topological polar surface area (TPSA) is 38.0 Å². The lowest BCUT2D eigenvalue weighted by Gasteiger charge is -2.32. The first kappa shape index (κ1) is 13.5. The Morgan fingerprint density at radius 2 is 2.19 bits per heavy atom. The van der Waals surface area contributed by atoms with Crippen LogP contribution in [-0.2, 0) is 0 Å². The lowest BCUT2D eigenvalue weighted by atomic mass is 9.89. The van der Waals surface area contributed by atoms with E-state index in [0.717, 1.165) is 19.0 Å². The van der Waals surface area contributed by atoms with E-state index in [-0.39, 0.29) is 5.54 Å². The van der Waals surface area contributed by atoms with Crippen LogP contribution in [0.3, 0.4) is 0 Å². The first-order valence-corrected chi connectivity index (χ1v) is 6.61. The molecule has 1 aliphatic carbocycles. The summed E-state index contributed by atoms with van der Waals surface area (Å²) in [6.07, 6.45) is 7.75. The first-order valence-electron chi connectivity index (χ1n) is 6.61. The van der Waals surface area contributed by atoms with Crippen LogP contribution in [0.2, 0.25) is 0 Å². The molecule has 1 saturated carbocycles. The van der Waals surface area contributed by atoms with E-state index in [2.05, 4.69) is 24.1 Å². The van der Waals surface area contributed by atoms with Crippen LogP contribution >= 0.6 is 0 Å². The summed E-state index contributed by atoms with van der Waals surface area (Å²) in [7, 11) is 0. The first-order chi connectivity index (χ1) is 7.76. The molecule has 0 spiro atoms. The van der Waals surface area contributed by atoms with E-state index in [4.69, 9.17) is 5.73 Å². The molecule has 2 unspecified atom stereocenters. The molecule has 0 radical (unpaired) electrons. The van der Waals surface area contributed by atoms with Gasteiger partial charge in [0.1, 0.15) is 0 Å². The van der Waals surface area contributed by atoms with Crippen molar-refractivity contribution in [2.45, 2.75) is 57.9 Å². The standard InChI is InChI=1S/C14H26N2/c1-3-5-11-16-14(12-15)9-6-7-13(4-2)8-10-14/h13,16H,4,6-12,15H2,1-2H3. The third kappa shape index (κ3) is 3.81. The molecular formula is C14H26N2. The highest BCUT2D eigenvalue weighted by molar-refractivity contribution is 5.01. The molecule has 2 atom stereocenters. The van der Waals surface area contributed by atoms with Gasteiger partial charge in [-0.15, -0.1) is 5.92 Å². The molecular weight excluding hydrogens is 196 g/mol. The molecule has 0 aromatic carbocycles. The summed E-state index contributed by atoms with van der Waals surface area (Å²) in [6.45, 7) is 5.71. The molecule has 0 aliphatic heterocycles. The largest absolute Gasteiger partial charge is 0.329 e. The third-order valence-electron chi connectivity index (χ3n) is 4.00. The molecule has 0 aromatic heterocycles. The van der Waals surface area contributed by atoms with Crippen molar-refractivity contribution in [3.05, 3.63) is 0 Å². The molecule has 2 heteroatoms. The van der Waals surface area contributed by atoms with E-state index in [1.54, 1.807) is 0 Å². The van der Waals surface area contributed by atoms with Crippen molar-refractivity contribution in [1.29, 1.82) is 0 Å². The second-order valence-corrected chi connectivity index (χ2v) is 4.97. The average Bonchev–Trinajstić information content (AvgIpc) is 2.52. The predicted molar refractivity (Wildman–Crippen MR) is 70.1 cm³/mol. The van der Waals surface area contributed by atoms with Gasteiger partial charge in [-0.3, -0.25) is 5.32 Å². The third-order valence-corrected chi connectivity index (χ3v) is 4.00. The maximum atomic E-state index is 5.97. The van der Waals surface area contributed by atoms with Crippen LogP contribution < -0.4 is 11.1 Å². The van der Waals surface area contributed by atoms with Gasteiger partial charge in [-0.25, -0.2) is 0 Å². The smallest absolute Gasteiger partial charge is 0.0581 e. The van der Waals surface area contributed by atoms with Crippen molar-refractivity contribution in [2.24, 2.45) is 11.7 Å². The fraction of sp³-hybridized carbons (Fsp3) is 0.857. The summed E-state index contributed by atoms with van der Waals surface area (Å²) in [5, 5.41) is 3.57. The van der Waals surface area contributed by atoms with E-state index in [0.29, 0.717) is 0 Å². The molecule has 92 valence electrons. The van der Waals surface area contributed by atoms with Gasteiger partial charge in [-0.2, -0.15) is 0 Å². The Labute approximate surface area is 100 Å².